The molecule has 0 saturated carbocycles. The van der Waals surface area contributed by atoms with Crippen LogP contribution in [0.4, 0.5) is 11.4 Å². The summed E-state index contributed by atoms with van der Waals surface area (Å²) in [5.41, 5.74) is 0.688. The highest BCUT2D eigenvalue weighted by Gasteiger charge is 2.30. The van der Waals surface area contributed by atoms with Crippen LogP contribution in [-0.4, -0.2) is 59.5 Å². The maximum absolute atomic E-state index is 12.8. The molecule has 3 rings (SSSR count). The van der Waals surface area contributed by atoms with Crippen molar-refractivity contribution in [1.29, 1.82) is 0 Å². The Morgan fingerprint density at radius 1 is 1.00 bits per heavy atom. The van der Waals surface area contributed by atoms with Gasteiger partial charge in [0.05, 0.1) is 23.9 Å². The average Bonchev–Trinajstić information content (AvgIpc) is 3.29. The second kappa shape index (κ2) is 9.47. The molecule has 1 saturated heterocycles. The van der Waals surface area contributed by atoms with E-state index in [2.05, 4.69) is 5.32 Å². The van der Waals surface area contributed by atoms with Gasteiger partial charge in [-0.3, -0.25) is 9.10 Å². The van der Waals surface area contributed by atoms with E-state index in [0.29, 0.717) is 30.2 Å². The van der Waals surface area contributed by atoms with Crippen molar-refractivity contribution in [2.45, 2.75) is 30.7 Å². The second-order valence-corrected chi connectivity index (χ2v) is 11.4. The predicted molar refractivity (Wildman–Crippen MR) is 123 cm³/mol. The van der Waals surface area contributed by atoms with Gasteiger partial charge in [-0.05, 0) is 68.3 Å². The van der Waals surface area contributed by atoms with Crippen molar-refractivity contribution < 1.29 is 26.4 Å². The molecule has 0 aliphatic carbocycles. The van der Waals surface area contributed by atoms with E-state index >= 15 is 0 Å². The van der Waals surface area contributed by atoms with E-state index in [1.807, 2.05) is 0 Å². The lowest BCUT2D eigenvalue weighted by Gasteiger charge is -2.28. The van der Waals surface area contributed by atoms with Crippen molar-refractivity contribution in [3.05, 3.63) is 48.5 Å². The third-order valence-corrected chi connectivity index (χ3v) is 8.39. The number of rotatable bonds is 8. The Bertz CT molecular complexity index is 1160. The van der Waals surface area contributed by atoms with E-state index in [1.165, 1.54) is 42.6 Å². The van der Waals surface area contributed by atoms with Gasteiger partial charge in [0.25, 0.3) is 0 Å². The molecule has 0 spiro atoms. The standard InChI is InChI=1S/C21H27N3O6S2/c1-16(24(31(3,26)27)18-8-10-19(30-2)11-9-18)21(25)22-17-6-12-20(13-7-17)32(28,29)23-14-4-5-15-23/h6-13,16H,4-5,14-15H2,1-3H3,(H,22,25)/t16-/m1/s1. The number of anilines is 2. The lowest BCUT2D eigenvalue weighted by atomic mass is 10.2. The number of hydrogen-bond acceptors (Lipinski definition) is 6. The first kappa shape index (κ1) is 24.0. The van der Waals surface area contributed by atoms with Crippen molar-refractivity contribution in [3.8, 4) is 5.75 Å². The van der Waals surface area contributed by atoms with Gasteiger partial charge < -0.3 is 10.1 Å². The molecule has 32 heavy (non-hydrogen) atoms. The summed E-state index contributed by atoms with van der Waals surface area (Å²) in [6.45, 7) is 2.49. The number of benzene rings is 2. The number of hydrogen-bond donors (Lipinski definition) is 1. The highest BCUT2D eigenvalue weighted by Crippen LogP contribution is 2.25. The van der Waals surface area contributed by atoms with Gasteiger partial charge in [0.2, 0.25) is 26.0 Å². The molecule has 174 valence electrons. The molecule has 0 radical (unpaired) electrons. The van der Waals surface area contributed by atoms with Gasteiger partial charge in [0.1, 0.15) is 11.8 Å². The number of amides is 1. The third-order valence-electron chi connectivity index (χ3n) is 5.24. The van der Waals surface area contributed by atoms with E-state index in [9.17, 15) is 21.6 Å². The van der Waals surface area contributed by atoms with E-state index < -0.39 is 32.0 Å². The van der Waals surface area contributed by atoms with Gasteiger partial charge >= 0.3 is 0 Å². The summed E-state index contributed by atoms with van der Waals surface area (Å²) in [5.74, 6) is 0.00433. The zero-order valence-corrected chi connectivity index (χ0v) is 19.8. The molecule has 2 aromatic carbocycles. The highest BCUT2D eigenvalue weighted by molar-refractivity contribution is 7.92. The Kier molecular flexibility index (Phi) is 7.11. The van der Waals surface area contributed by atoms with Crippen LogP contribution < -0.4 is 14.4 Å². The monoisotopic (exact) mass is 481 g/mol. The fourth-order valence-electron chi connectivity index (χ4n) is 3.57. The Morgan fingerprint density at radius 2 is 1.56 bits per heavy atom. The Morgan fingerprint density at radius 3 is 2.06 bits per heavy atom. The molecule has 1 amide bonds. The molecule has 1 atom stereocenters. The number of sulfonamides is 2. The van der Waals surface area contributed by atoms with Gasteiger partial charge in [-0.25, -0.2) is 16.8 Å². The summed E-state index contributed by atoms with van der Waals surface area (Å²) in [5, 5.41) is 2.66. The molecule has 0 aromatic heterocycles. The van der Waals surface area contributed by atoms with Crippen LogP contribution in [0.5, 0.6) is 5.75 Å². The topological polar surface area (TPSA) is 113 Å². The minimum absolute atomic E-state index is 0.154. The SMILES string of the molecule is COc1ccc(N([C@H](C)C(=O)Nc2ccc(S(=O)(=O)N3CCCC3)cc2)S(C)(=O)=O)cc1. The van der Waals surface area contributed by atoms with Crippen LogP contribution in [-0.2, 0) is 24.8 Å². The van der Waals surface area contributed by atoms with Gasteiger partial charge in [-0.15, -0.1) is 0 Å². The lowest BCUT2D eigenvalue weighted by molar-refractivity contribution is -0.116. The Balaban J connectivity index is 1.77. The summed E-state index contributed by atoms with van der Waals surface area (Å²) in [6, 6.07) is 11.1. The van der Waals surface area contributed by atoms with Crippen molar-refractivity contribution in [2.24, 2.45) is 0 Å². The fourth-order valence-corrected chi connectivity index (χ4v) is 6.26. The number of carbonyl (C=O) groups excluding carboxylic acids is 1. The molecule has 1 fully saturated rings. The molecule has 1 heterocycles. The smallest absolute Gasteiger partial charge is 0.247 e. The Hall–Kier alpha value is -2.63. The normalized spacial score (nSPS) is 15.8. The first-order valence-corrected chi connectivity index (χ1v) is 13.4. The fraction of sp³-hybridized carbons (Fsp3) is 0.381. The molecule has 9 nitrogen and oxygen atoms in total. The van der Waals surface area contributed by atoms with Gasteiger partial charge in [-0.2, -0.15) is 4.31 Å². The van der Waals surface area contributed by atoms with Gasteiger partial charge in [0, 0.05) is 18.8 Å². The molecule has 1 aliphatic heterocycles. The average molecular weight is 482 g/mol. The van der Waals surface area contributed by atoms with Crippen molar-refractivity contribution >= 4 is 37.3 Å². The molecular formula is C21H27N3O6S2. The lowest BCUT2D eigenvalue weighted by Crippen LogP contribution is -2.45. The highest BCUT2D eigenvalue weighted by atomic mass is 32.2. The molecular weight excluding hydrogens is 454 g/mol. The van der Waals surface area contributed by atoms with Crippen LogP contribution in [0.25, 0.3) is 0 Å². The van der Waals surface area contributed by atoms with Crippen LogP contribution in [0.3, 0.4) is 0 Å². The summed E-state index contributed by atoms with van der Waals surface area (Å²) < 4.78 is 57.6. The number of carbonyl (C=O) groups is 1. The second-order valence-electron chi connectivity index (χ2n) is 7.56. The van der Waals surface area contributed by atoms with E-state index in [-0.39, 0.29) is 4.90 Å². The largest absolute Gasteiger partial charge is 0.497 e. The maximum atomic E-state index is 12.8. The quantitative estimate of drug-likeness (QED) is 0.619. The minimum Gasteiger partial charge on any atom is -0.497 e. The van der Waals surface area contributed by atoms with Crippen LogP contribution in [0, 0.1) is 0 Å². The predicted octanol–water partition coefficient (Wildman–Crippen LogP) is 2.27. The Labute approximate surface area is 189 Å². The summed E-state index contributed by atoms with van der Waals surface area (Å²) >= 11 is 0. The number of ether oxygens (including phenoxy) is 1. The minimum atomic E-state index is -3.76. The number of nitrogens with one attached hydrogen (secondary N) is 1. The van der Waals surface area contributed by atoms with Crippen molar-refractivity contribution in [1.82, 2.24) is 4.31 Å². The molecule has 2 aromatic rings. The van der Waals surface area contributed by atoms with Crippen LogP contribution in [0.15, 0.2) is 53.4 Å². The molecule has 1 N–H and O–H groups in total. The van der Waals surface area contributed by atoms with Crippen molar-refractivity contribution in [3.63, 3.8) is 0 Å². The van der Waals surface area contributed by atoms with Crippen molar-refractivity contribution in [2.75, 3.05) is 36.1 Å². The first-order valence-electron chi connectivity index (χ1n) is 10.1. The van der Waals surface area contributed by atoms with E-state index in [0.717, 1.165) is 23.4 Å². The zero-order valence-electron chi connectivity index (χ0n) is 18.2. The summed E-state index contributed by atoms with van der Waals surface area (Å²) in [7, 11) is -5.81. The van der Waals surface area contributed by atoms with Gasteiger partial charge in [0.15, 0.2) is 0 Å². The van der Waals surface area contributed by atoms with Crippen LogP contribution >= 0.6 is 0 Å². The zero-order chi connectivity index (χ0) is 23.5. The third kappa shape index (κ3) is 5.22. The van der Waals surface area contributed by atoms with Gasteiger partial charge in [-0.1, -0.05) is 0 Å². The molecule has 0 bridgehead atoms. The van der Waals surface area contributed by atoms with Crippen LogP contribution in [0.1, 0.15) is 19.8 Å². The molecule has 11 heteroatoms. The summed E-state index contributed by atoms with van der Waals surface area (Å²) in [4.78, 5) is 13.0. The van der Waals surface area contributed by atoms with E-state index in [1.54, 1.807) is 24.3 Å². The number of methoxy groups -OCH3 is 1. The van der Waals surface area contributed by atoms with Crippen LogP contribution in [0.2, 0.25) is 0 Å². The first-order chi connectivity index (χ1) is 15.0. The number of nitrogens with zero attached hydrogens (tertiary/aromatic N) is 2. The summed E-state index contributed by atoms with van der Waals surface area (Å²) in [6.07, 6.45) is 2.71. The van der Waals surface area contributed by atoms with E-state index in [4.69, 9.17) is 4.74 Å². The molecule has 0 unspecified atom stereocenters. The maximum Gasteiger partial charge on any atom is 0.247 e. The molecule has 1 aliphatic rings.